The summed E-state index contributed by atoms with van der Waals surface area (Å²) < 4.78 is 4.88. The third-order valence-electron chi connectivity index (χ3n) is 5.49. The van der Waals surface area contributed by atoms with Gasteiger partial charge in [0.05, 0.1) is 19.6 Å². The molecule has 0 bridgehead atoms. The van der Waals surface area contributed by atoms with Crippen molar-refractivity contribution < 1.29 is 19.4 Å². The van der Waals surface area contributed by atoms with Crippen LogP contribution in [-0.4, -0.2) is 37.1 Å². The fourth-order valence-electron chi connectivity index (χ4n) is 3.85. The molecule has 4 aromatic rings. The van der Waals surface area contributed by atoms with Crippen molar-refractivity contribution >= 4 is 11.8 Å². The second-order valence-corrected chi connectivity index (χ2v) is 8.02. The molecule has 4 aromatic carbocycles. The summed E-state index contributed by atoms with van der Waals surface area (Å²) in [6.45, 7) is 1.99. The molecule has 0 aliphatic carbocycles. The van der Waals surface area contributed by atoms with E-state index in [1.807, 2.05) is 121 Å². The van der Waals surface area contributed by atoms with E-state index in [1.165, 1.54) is 7.11 Å². The number of aliphatic hydroxyl groups excluding tert-OH is 1. The molecule has 0 saturated heterocycles. The van der Waals surface area contributed by atoms with Gasteiger partial charge in [-0.3, -0.25) is 21.3 Å². The summed E-state index contributed by atoms with van der Waals surface area (Å²) in [5.41, 5.74) is 9.39. The van der Waals surface area contributed by atoms with Gasteiger partial charge in [0.2, 0.25) is 0 Å². The van der Waals surface area contributed by atoms with Crippen LogP contribution in [0.4, 0.5) is 0 Å². The highest BCUT2D eigenvalue weighted by atomic mass is 16.5. The standard InChI is InChI=1S/C15H15NO.C15H14O2.C2H6O.H4N2/c16-11-14(17)15(12-7-3-1-4-8-12)13-9-5-2-6-10-13;1-17-15(16)14(12-8-4-2-5-9-12)13-10-6-3-7-11-13;1-2-3;1-2/h1-10,15H,11,16H2;2-11,14H,1H3;3H,2H2,1H3;1-2H2. The average Bonchev–Trinajstić information content (AvgIpc) is 3.01. The van der Waals surface area contributed by atoms with E-state index in [1.54, 1.807) is 6.92 Å². The number of hydrazine groups is 1. The van der Waals surface area contributed by atoms with Crippen LogP contribution in [0, 0.1) is 0 Å². The third-order valence-corrected chi connectivity index (χ3v) is 5.49. The van der Waals surface area contributed by atoms with Crippen molar-refractivity contribution in [3.63, 3.8) is 0 Å². The van der Waals surface area contributed by atoms with Crippen LogP contribution >= 0.6 is 0 Å². The lowest BCUT2D eigenvalue weighted by atomic mass is 9.88. The fraction of sp³-hybridized carbons (Fsp3) is 0.188. The van der Waals surface area contributed by atoms with Gasteiger partial charge in [-0.15, -0.1) is 0 Å². The van der Waals surface area contributed by atoms with Gasteiger partial charge in [0, 0.05) is 6.61 Å². The zero-order chi connectivity index (χ0) is 28.9. The lowest BCUT2D eigenvalue weighted by Gasteiger charge is -2.15. The van der Waals surface area contributed by atoms with Crippen LogP contribution in [0.2, 0.25) is 0 Å². The third kappa shape index (κ3) is 11.0. The molecule has 0 spiro atoms. The van der Waals surface area contributed by atoms with E-state index in [4.69, 9.17) is 15.6 Å². The maximum absolute atomic E-state index is 12.0. The molecule has 7 N–H and O–H groups in total. The normalized spacial score (nSPS) is 9.64. The first-order chi connectivity index (χ1) is 19.1. The first kappa shape index (κ1) is 32.9. The number of nitrogens with two attached hydrogens (primary N) is 3. The molecule has 7 nitrogen and oxygen atoms in total. The highest BCUT2D eigenvalue weighted by Crippen LogP contribution is 2.26. The molecule has 0 radical (unpaired) electrons. The first-order valence-electron chi connectivity index (χ1n) is 12.5. The number of carbonyl (C=O) groups is 2. The van der Waals surface area contributed by atoms with Crippen LogP contribution in [0.15, 0.2) is 121 Å². The number of Topliss-reactive ketones (excluding diaryl/α,β-unsaturated/α-hetero) is 1. The monoisotopic (exact) mass is 529 g/mol. The lowest BCUT2D eigenvalue weighted by Crippen LogP contribution is -2.22. The van der Waals surface area contributed by atoms with Gasteiger partial charge < -0.3 is 15.6 Å². The summed E-state index contributed by atoms with van der Waals surface area (Å²) in [7, 11) is 1.42. The second kappa shape index (κ2) is 19.9. The van der Waals surface area contributed by atoms with Gasteiger partial charge in [0.25, 0.3) is 0 Å². The Morgan fingerprint density at radius 1 is 0.641 bits per heavy atom. The summed E-state index contributed by atoms with van der Waals surface area (Å²) >= 11 is 0. The van der Waals surface area contributed by atoms with Crippen LogP contribution in [0.1, 0.15) is 41.0 Å². The number of esters is 1. The van der Waals surface area contributed by atoms with Crippen LogP contribution in [0.25, 0.3) is 0 Å². The van der Waals surface area contributed by atoms with Crippen molar-refractivity contribution in [1.82, 2.24) is 0 Å². The Balaban J connectivity index is 0.000000335. The maximum atomic E-state index is 12.0. The number of rotatable bonds is 7. The zero-order valence-corrected chi connectivity index (χ0v) is 22.5. The van der Waals surface area contributed by atoms with Gasteiger partial charge in [-0.2, -0.15) is 0 Å². The molecule has 0 unspecified atom stereocenters. The molecule has 4 rings (SSSR count). The zero-order valence-electron chi connectivity index (χ0n) is 22.5. The van der Waals surface area contributed by atoms with Gasteiger partial charge >= 0.3 is 5.97 Å². The SMILES string of the molecule is CCO.COC(=O)C(c1ccccc1)c1ccccc1.NCC(=O)C(c1ccccc1)c1ccccc1.NN. The van der Waals surface area contributed by atoms with Gasteiger partial charge in [0.1, 0.15) is 5.92 Å². The molecule has 0 fully saturated rings. The van der Waals surface area contributed by atoms with Crippen LogP contribution < -0.4 is 17.4 Å². The number of ketones is 1. The smallest absolute Gasteiger partial charge is 0.317 e. The molecular weight excluding hydrogens is 490 g/mol. The van der Waals surface area contributed by atoms with Crippen molar-refractivity contribution in [2.75, 3.05) is 20.3 Å². The maximum Gasteiger partial charge on any atom is 0.317 e. The number of hydrogen-bond donors (Lipinski definition) is 4. The van der Waals surface area contributed by atoms with Crippen molar-refractivity contribution in [2.45, 2.75) is 18.8 Å². The van der Waals surface area contributed by atoms with E-state index in [9.17, 15) is 9.59 Å². The van der Waals surface area contributed by atoms with Crippen molar-refractivity contribution in [1.29, 1.82) is 0 Å². The molecule has 0 aliphatic heterocycles. The molecule has 0 heterocycles. The summed E-state index contributed by atoms with van der Waals surface area (Å²) in [5.74, 6) is 7.22. The average molecular weight is 530 g/mol. The summed E-state index contributed by atoms with van der Waals surface area (Å²) in [6, 6.07) is 38.8. The number of ether oxygens (including phenoxy) is 1. The van der Waals surface area contributed by atoms with E-state index in [0.29, 0.717) is 0 Å². The van der Waals surface area contributed by atoms with E-state index in [2.05, 4.69) is 11.7 Å². The predicted octanol–water partition coefficient (Wildman–Crippen LogP) is 4.16. The van der Waals surface area contributed by atoms with E-state index >= 15 is 0 Å². The van der Waals surface area contributed by atoms with E-state index < -0.39 is 0 Å². The quantitative estimate of drug-likeness (QED) is 0.160. The van der Waals surface area contributed by atoms with Crippen LogP contribution in [-0.2, 0) is 14.3 Å². The molecular formula is C32H39N3O4. The van der Waals surface area contributed by atoms with E-state index in [0.717, 1.165) is 22.3 Å². The summed E-state index contributed by atoms with van der Waals surface area (Å²) in [5, 5.41) is 7.57. The topological polar surface area (TPSA) is 142 Å². The first-order valence-corrected chi connectivity index (χ1v) is 12.5. The molecule has 0 saturated carbocycles. The van der Waals surface area contributed by atoms with Crippen molar-refractivity contribution in [2.24, 2.45) is 17.4 Å². The molecule has 0 atom stereocenters. The fourth-order valence-corrected chi connectivity index (χ4v) is 3.85. The van der Waals surface area contributed by atoms with Gasteiger partial charge in [-0.1, -0.05) is 121 Å². The Bertz CT molecular complexity index is 1000. The highest BCUT2D eigenvalue weighted by Gasteiger charge is 2.23. The highest BCUT2D eigenvalue weighted by molar-refractivity contribution is 5.90. The van der Waals surface area contributed by atoms with Crippen molar-refractivity contribution in [3.8, 4) is 0 Å². The van der Waals surface area contributed by atoms with Gasteiger partial charge in [-0.05, 0) is 29.2 Å². The number of carbonyl (C=O) groups excluding carboxylic acids is 2. The molecule has 7 heteroatoms. The van der Waals surface area contributed by atoms with Gasteiger partial charge in [0.15, 0.2) is 5.78 Å². The van der Waals surface area contributed by atoms with Gasteiger partial charge in [-0.25, -0.2) is 0 Å². The number of benzene rings is 4. The minimum Gasteiger partial charge on any atom is -0.468 e. The minimum atomic E-state index is -0.345. The molecule has 0 aromatic heterocycles. The van der Waals surface area contributed by atoms with E-state index in [-0.39, 0.29) is 36.7 Å². The Kier molecular flexibility index (Phi) is 16.8. The predicted molar refractivity (Wildman–Crippen MR) is 157 cm³/mol. The Morgan fingerprint density at radius 2 is 0.897 bits per heavy atom. The Hall–Kier alpha value is -4.14. The Labute approximate surface area is 231 Å². The molecule has 39 heavy (non-hydrogen) atoms. The summed E-state index contributed by atoms with van der Waals surface area (Å²) in [6.07, 6.45) is 0. The van der Waals surface area contributed by atoms with Crippen LogP contribution in [0.5, 0.6) is 0 Å². The Morgan fingerprint density at radius 3 is 1.13 bits per heavy atom. The number of methoxy groups -OCH3 is 1. The molecule has 0 amide bonds. The minimum absolute atomic E-state index is 0.0439. The molecule has 0 aliphatic rings. The number of aliphatic hydroxyl groups is 1. The second-order valence-electron chi connectivity index (χ2n) is 8.02. The summed E-state index contributed by atoms with van der Waals surface area (Å²) in [4.78, 5) is 23.9. The largest absolute Gasteiger partial charge is 0.468 e. The van der Waals surface area contributed by atoms with Crippen molar-refractivity contribution in [3.05, 3.63) is 144 Å². The lowest BCUT2D eigenvalue weighted by molar-refractivity contribution is -0.141. The van der Waals surface area contributed by atoms with Crippen LogP contribution in [0.3, 0.4) is 0 Å². The molecule has 206 valence electrons. The number of hydrogen-bond acceptors (Lipinski definition) is 7.